The van der Waals surface area contributed by atoms with Crippen molar-refractivity contribution in [3.05, 3.63) is 46.6 Å². The third-order valence-electron chi connectivity index (χ3n) is 6.58. The van der Waals surface area contributed by atoms with E-state index in [0.717, 1.165) is 42.9 Å². The van der Waals surface area contributed by atoms with E-state index in [9.17, 15) is 14.4 Å². The first-order chi connectivity index (χ1) is 15.1. The van der Waals surface area contributed by atoms with Crippen molar-refractivity contribution in [1.29, 1.82) is 0 Å². The average molecular weight is 422 g/mol. The van der Waals surface area contributed by atoms with Crippen LogP contribution in [-0.2, 0) is 22.7 Å². The molecule has 1 aromatic carbocycles. The van der Waals surface area contributed by atoms with Gasteiger partial charge in [-0.1, -0.05) is 12.1 Å². The van der Waals surface area contributed by atoms with Crippen LogP contribution in [0.3, 0.4) is 0 Å². The third kappa shape index (κ3) is 3.69. The average Bonchev–Trinajstić information content (AvgIpc) is 3.38. The fourth-order valence-electron chi connectivity index (χ4n) is 4.88. The van der Waals surface area contributed by atoms with E-state index in [1.165, 1.54) is 5.56 Å². The molecule has 3 amide bonds. The molecule has 1 unspecified atom stereocenters. The molecule has 1 aromatic heterocycles. The number of hydrogen-bond donors (Lipinski definition) is 4. The zero-order valence-corrected chi connectivity index (χ0v) is 17.2. The molecule has 5 rings (SSSR count). The number of benzene rings is 1. The van der Waals surface area contributed by atoms with Crippen molar-refractivity contribution in [2.75, 3.05) is 18.4 Å². The minimum Gasteiger partial charge on any atom is -0.366 e. The summed E-state index contributed by atoms with van der Waals surface area (Å²) in [7, 11) is 0. The summed E-state index contributed by atoms with van der Waals surface area (Å²) in [5.74, 6) is 0.591. The molecule has 2 saturated heterocycles. The summed E-state index contributed by atoms with van der Waals surface area (Å²) in [4.78, 5) is 38.3. The lowest BCUT2D eigenvalue weighted by molar-refractivity contribution is -0.136. The number of amides is 3. The van der Waals surface area contributed by atoms with Gasteiger partial charge in [-0.25, -0.2) is 0 Å². The number of aromatic amines is 1. The summed E-state index contributed by atoms with van der Waals surface area (Å²) in [5, 5.41) is 16.5. The Labute approximate surface area is 180 Å². The van der Waals surface area contributed by atoms with Gasteiger partial charge in [0.25, 0.3) is 5.91 Å². The molecular formula is C22H26N6O3. The van der Waals surface area contributed by atoms with Crippen LogP contribution in [-0.4, -0.2) is 52.0 Å². The maximum Gasteiger partial charge on any atom is 0.255 e. The van der Waals surface area contributed by atoms with Gasteiger partial charge >= 0.3 is 0 Å². The topological polar surface area (TPSA) is 119 Å². The fraction of sp³-hybridized carbons (Fsp3) is 0.455. The molecule has 9 heteroatoms. The highest BCUT2D eigenvalue weighted by atomic mass is 16.2. The molecule has 3 aliphatic rings. The minimum absolute atomic E-state index is 0.150. The maximum atomic E-state index is 13.0. The highest BCUT2D eigenvalue weighted by Crippen LogP contribution is 2.32. The number of carbonyl (C=O) groups is 3. The second-order valence-electron chi connectivity index (χ2n) is 8.42. The van der Waals surface area contributed by atoms with Gasteiger partial charge in [0.2, 0.25) is 11.8 Å². The lowest BCUT2D eigenvalue weighted by Crippen LogP contribution is -2.52. The van der Waals surface area contributed by atoms with Crippen LogP contribution < -0.4 is 16.0 Å². The molecule has 4 N–H and O–H groups in total. The number of fused-ring (bicyclic) bond motifs is 1. The van der Waals surface area contributed by atoms with Gasteiger partial charge in [-0.15, -0.1) is 0 Å². The van der Waals surface area contributed by atoms with Gasteiger partial charge in [-0.2, -0.15) is 5.10 Å². The predicted molar refractivity (Wildman–Crippen MR) is 113 cm³/mol. The van der Waals surface area contributed by atoms with Gasteiger partial charge in [-0.3, -0.25) is 24.8 Å². The summed E-state index contributed by atoms with van der Waals surface area (Å²) in [5.41, 5.74) is 3.79. The number of carbonyl (C=O) groups excluding carboxylic acids is 3. The van der Waals surface area contributed by atoms with Gasteiger partial charge in [-0.05, 0) is 55.5 Å². The lowest BCUT2D eigenvalue weighted by Gasteiger charge is -2.29. The Balaban J connectivity index is 1.32. The van der Waals surface area contributed by atoms with Crippen molar-refractivity contribution in [3.8, 4) is 0 Å². The normalized spacial score (nSPS) is 21.9. The molecule has 0 aliphatic carbocycles. The number of nitrogens with one attached hydrogen (secondary N) is 4. The Morgan fingerprint density at radius 2 is 1.97 bits per heavy atom. The van der Waals surface area contributed by atoms with E-state index in [4.69, 9.17) is 0 Å². The number of aromatic nitrogens is 2. The zero-order valence-electron chi connectivity index (χ0n) is 17.2. The standard InChI is InChI=1S/C22H26N6O3/c29-19-5-4-18(21(30)26-19)28-12-17-14(2-1-3-15(17)22(28)31)10-24-20-16(11-25-27-20)13-6-8-23-9-7-13/h1-3,11,13,18,23H,4-10,12H2,(H2,24,25,27)(H,26,29,30). The van der Waals surface area contributed by atoms with Gasteiger partial charge in [0, 0.05) is 30.6 Å². The van der Waals surface area contributed by atoms with Crippen molar-refractivity contribution in [1.82, 2.24) is 25.7 Å². The number of imide groups is 1. The summed E-state index contributed by atoms with van der Waals surface area (Å²) >= 11 is 0. The number of anilines is 1. The number of piperidine rings is 2. The summed E-state index contributed by atoms with van der Waals surface area (Å²) < 4.78 is 0. The van der Waals surface area contributed by atoms with E-state index < -0.39 is 6.04 Å². The first kappa shape index (κ1) is 19.7. The van der Waals surface area contributed by atoms with Gasteiger partial charge in [0.15, 0.2) is 0 Å². The largest absolute Gasteiger partial charge is 0.366 e. The smallest absolute Gasteiger partial charge is 0.255 e. The Bertz CT molecular complexity index is 1030. The number of rotatable bonds is 5. The van der Waals surface area contributed by atoms with Crippen molar-refractivity contribution in [2.45, 2.75) is 50.7 Å². The molecule has 0 bridgehead atoms. The highest BCUT2D eigenvalue weighted by Gasteiger charge is 2.39. The molecule has 31 heavy (non-hydrogen) atoms. The van der Waals surface area contributed by atoms with Crippen LogP contribution in [0.4, 0.5) is 5.82 Å². The molecule has 1 atom stereocenters. The number of nitrogens with zero attached hydrogens (tertiary/aromatic N) is 2. The molecule has 0 radical (unpaired) electrons. The highest BCUT2D eigenvalue weighted by molar-refractivity contribution is 6.05. The molecule has 3 aliphatic heterocycles. The quantitative estimate of drug-likeness (QED) is 0.539. The number of H-pyrrole nitrogens is 1. The first-order valence-corrected chi connectivity index (χ1v) is 10.8. The Morgan fingerprint density at radius 3 is 2.77 bits per heavy atom. The summed E-state index contributed by atoms with van der Waals surface area (Å²) in [6, 6.07) is 5.09. The van der Waals surface area contributed by atoms with Crippen LogP contribution in [0.25, 0.3) is 0 Å². The van der Waals surface area contributed by atoms with E-state index in [2.05, 4.69) is 26.1 Å². The van der Waals surface area contributed by atoms with E-state index in [-0.39, 0.29) is 24.1 Å². The van der Waals surface area contributed by atoms with E-state index >= 15 is 0 Å². The first-order valence-electron chi connectivity index (χ1n) is 10.8. The zero-order chi connectivity index (χ0) is 21.4. The van der Waals surface area contributed by atoms with Gasteiger partial charge < -0.3 is 15.5 Å². The monoisotopic (exact) mass is 422 g/mol. The van der Waals surface area contributed by atoms with E-state index in [0.29, 0.717) is 31.0 Å². The summed E-state index contributed by atoms with van der Waals surface area (Å²) in [6.07, 6.45) is 4.70. The lowest BCUT2D eigenvalue weighted by atomic mass is 9.92. The molecule has 2 aromatic rings. The van der Waals surface area contributed by atoms with Crippen LogP contribution in [0.15, 0.2) is 24.4 Å². The van der Waals surface area contributed by atoms with Crippen molar-refractivity contribution in [2.24, 2.45) is 0 Å². The minimum atomic E-state index is -0.600. The summed E-state index contributed by atoms with van der Waals surface area (Å²) in [6.45, 7) is 2.96. The fourth-order valence-corrected chi connectivity index (χ4v) is 4.88. The van der Waals surface area contributed by atoms with Crippen LogP contribution in [0.5, 0.6) is 0 Å². The Kier molecular flexibility index (Phi) is 5.19. The maximum absolute atomic E-state index is 13.0. The molecular weight excluding hydrogens is 396 g/mol. The second kappa shape index (κ2) is 8.14. The Hall–Kier alpha value is -3.20. The van der Waals surface area contributed by atoms with Gasteiger partial charge in [0.1, 0.15) is 11.9 Å². The van der Waals surface area contributed by atoms with Crippen LogP contribution in [0, 0.1) is 0 Å². The van der Waals surface area contributed by atoms with Crippen molar-refractivity contribution < 1.29 is 14.4 Å². The van der Waals surface area contributed by atoms with Crippen molar-refractivity contribution in [3.63, 3.8) is 0 Å². The molecule has 0 spiro atoms. The molecule has 162 valence electrons. The molecule has 0 saturated carbocycles. The SMILES string of the molecule is O=C1CCC(N2Cc3c(CNc4[nH]ncc4C4CCNCC4)cccc3C2=O)C(=O)N1. The van der Waals surface area contributed by atoms with Crippen LogP contribution in [0.2, 0.25) is 0 Å². The van der Waals surface area contributed by atoms with Crippen LogP contribution >= 0.6 is 0 Å². The molecule has 4 heterocycles. The predicted octanol–water partition coefficient (Wildman–Crippen LogP) is 1.25. The number of hydrogen-bond acceptors (Lipinski definition) is 6. The molecule has 2 fully saturated rings. The van der Waals surface area contributed by atoms with Crippen molar-refractivity contribution >= 4 is 23.5 Å². The van der Waals surface area contributed by atoms with E-state index in [1.54, 1.807) is 4.90 Å². The van der Waals surface area contributed by atoms with Crippen LogP contribution in [0.1, 0.15) is 58.6 Å². The third-order valence-corrected chi connectivity index (χ3v) is 6.58. The Morgan fingerprint density at radius 1 is 1.13 bits per heavy atom. The van der Waals surface area contributed by atoms with Gasteiger partial charge in [0.05, 0.1) is 6.20 Å². The molecule has 9 nitrogen and oxygen atoms in total. The second-order valence-corrected chi connectivity index (χ2v) is 8.42. The van der Waals surface area contributed by atoms with E-state index in [1.807, 2.05) is 24.4 Å².